The van der Waals surface area contributed by atoms with E-state index in [9.17, 15) is 4.79 Å². The Morgan fingerprint density at radius 3 is 2.03 bits per heavy atom. The molecule has 29 heavy (non-hydrogen) atoms. The van der Waals surface area contributed by atoms with Gasteiger partial charge in [-0.3, -0.25) is 4.79 Å². The molecule has 1 aromatic heterocycles. The van der Waals surface area contributed by atoms with Crippen molar-refractivity contribution in [3.05, 3.63) is 84.2 Å². The molecule has 1 atom stereocenters. The second kappa shape index (κ2) is 8.73. The fourth-order valence-electron chi connectivity index (χ4n) is 3.72. The summed E-state index contributed by atoms with van der Waals surface area (Å²) in [5, 5.41) is 0. The molecule has 0 saturated carbocycles. The second-order valence-electron chi connectivity index (χ2n) is 6.98. The highest BCUT2D eigenvalue weighted by atomic mass is 16.5. The lowest BCUT2D eigenvalue weighted by Gasteiger charge is -2.36. The van der Waals surface area contributed by atoms with Gasteiger partial charge in [0.25, 0.3) is 0 Å². The maximum atomic E-state index is 12.4. The number of hydrogen-bond acceptors (Lipinski definition) is 6. The van der Waals surface area contributed by atoms with Crippen LogP contribution in [0.3, 0.4) is 0 Å². The SMILES string of the molecule is COC(=O)C(c1ccccc1)c1ccc(N2CCN(c3ncccn3)CC2)cc1. The van der Waals surface area contributed by atoms with Crippen molar-refractivity contribution in [1.82, 2.24) is 9.97 Å². The van der Waals surface area contributed by atoms with Crippen LogP contribution >= 0.6 is 0 Å². The van der Waals surface area contributed by atoms with E-state index >= 15 is 0 Å². The summed E-state index contributed by atoms with van der Waals surface area (Å²) in [6.45, 7) is 3.55. The number of carbonyl (C=O) groups is 1. The average Bonchev–Trinajstić information content (AvgIpc) is 2.81. The lowest BCUT2D eigenvalue weighted by Crippen LogP contribution is -2.47. The first-order chi connectivity index (χ1) is 14.3. The Morgan fingerprint density at radius 2 is 1.41 bits per heavy atom. The van der Waals surface area contributed by atoms with Crippen molar-refractivity contribution in [3.8, 4) is 0 Å². The molecule has 1 fully saturated rings. The molecule has 6 nitrogen and oxygen atoms in total. The number of piperazine rings is 1. The van der Waals surface area contributed by atoms with Crippen molar-refractivity contribution >= 4 is 17.6 Å². The van der Waals surface area contributed by atoms with Crippen LogP contribution in [-0.2, 0) is 9.53 Å². The summed E-state index contributed by atoms with van der Waals surface area (Å²) in [4.78, 5) is 25.6. The van der Waals surface area contributed by atoms with Crippen LogP contribution in [0.5, 0.6) is 0 Å². The van der Waals surface area contributed by atoms with Crippen molar-refractivity contribution in [1.29, 1.82) is 0 Å². The first-order valence-corrected chi connectivity index (χ1v) is 9.76. The Labute approximate surface area is 170 Å². The Morgan fingerprint density at radius 1 is 0.828 bits per heavy atom. The lowest BCUT2D eigenvalue weighted by atomic mass is 9.91. The normalized spacial score (nSPS) is 15.1. The van der Waals surface area contributed by atoms with Gasteiger partial charge >= 0.3 is 5.97 Å². The third-order valence-corrected chi connectivity index (χ3v) is 5.28. The van der Waals surface area contributed by atoms with Crippen molar-refractivity contribution < 1.29 is 9.53 Å². The van der Waals surface area contributed by atoms with Gasteiger partial charge < -0.3 is 14.5 Å². The molecule has 0 N–H and O–H groups in total. The summed E-state index contributed by atoms with van der Waals surface area (Å²) in [5.74, 6) is 0.119. The Balaban J connectivity index is 1.47. The molecule has 2 heterocycles. The molecule has 4 rings (SSSR count). The van der Waals surface area contributed by atoms with E-state index < -0.39 is 5.92 Å². The first-order valence-electron chi connectivity index (χ1n) is 9.76. The summed E-state index contributed by atoms with van der Waals surface area (Å²) in [6, 6.07) is 19.8. The van der Waals surface area contributed by atoms with Gasteiger partial charge in [-0.25, -0.2) is 9.97 Å². The molecule has 0 radical (unpaired) electrons. The Bertz CT molecular complexity index is 924. The van der Waals surface area contributed by atoms with Crippen molar-refractivity contribution in [3.63, 3.8) is 0 Å². The van der Waals surface area contributed by atoms with Crippen LogP contribution in [0.15, 0.2) is 73.1 Å². The molecule has 0 amide bonds. The molecule has 0 bridgehead atoms. The van der Waals surface area contributed by atoms with Gasteiger partial charge in [0, 0.05) is 44.3 Å². The zero-order chi connectivity index (χ0) is 20.1. The van der Waals surface area contributed by atoms with E-state index in [1.807, 2.05) is 48.5 Å². The van der Waals surface area contributed by atoms with E-state index in [0.29, 0.717) is 0 Å². The van der Waals surface area contributed by atoms with Crippen molar-refractivity contribution in [2.75, 3.05) is 43.1 Å². The maximum absolute atomic E-state index is 12.4. The number of esters is 1. The fourth-order valence-corrected chi connectivity index (χ4v) is 3.72. The summed E-state index contributed by atoms with van der Waals surface area (Å²) >= 11 is 0. The van der Waals surface area contributed by atoms with Crippen LogP contribution in [0.4, 0.5) is 11.6 Å². The topological polar surface area (TPSA) is 58.6 Å². The monoisotopic (exact) mass is 388 g/mol. The van der Waals surface area contributed by atoms with Crippen LogP contribution in [-0.4, -0.2) is 49.2 Å². The minimum absolute atomic E-state index is 0.250. The number of hydrogen-bond donors (Lipinski definition) is 0. The van der Waals surface area contributed by atoms with Crippen LogP contribution in [0.25, 0.3) is 0 Å². The maximum Gasteiger partial charge on any atom is 0.317 e. The zero-order valence-electron chi connectivity index (χ0n) is 16.4. The smallest absolute Gasteiger partial charge is 0.317 e. The highest BCUT2D eigenvalue weighted by Crippen LogP contribution is 2.28. The molecular formula is C23H24N4O2. The molecule has 0 spiro atoms. The predicted molar refractivity (Wildman–Crippen MR) is 113 cm³/mol. The van der Waals surface area contributed by atoms with E-state index in [0.717, 1.165) is 48.9 Å². The van der Waals surface area contributed by atoms with Gasteiger partial charge in [0.2, 0.25) is 5.95 Å². The minimum Gasteiger partial charge on any atom is -0.468 e. The zero-order valence-corrected chi connectivity index (χ0v) is 16.4. The number of carbonyl (C=O) groups excluding carboxylic acids is 1. The van der Waals surface area contributed by atoms with E-state index in [1.54, 1.807) is 12.4 Å². The molecule has 6 heteroatoms. The molecule has 2 aromatic carbocycles. The van der Waals surface area contributed by atoms with Gasteiger partial charge in [0.15, 0.2) is 0 Å². The van der Waals surface area contributed by atoms with Gasteiger partial charge in [0.1, 0.15) is 5.92 Å². The predicted octanol–water partition coefficient (Wildman–Crippen LogP) is 3.11. The number of anilines is 2. The van der Waals surface area contributed by atoms with Crippen LogP contribution in [0, 0.1) is 0 Å². The average molecular weight is 388 g/mol. The summed E-state index contributed by atoms with van der Waals surface area (Å²) in [6.07, 6.45) is 3.55. The number of ether oxygens (including phenoxy) is 1. The summed E-state index contributed by atoms with van der Waals surface area (Å²) in [7, 11) is 1.43. The number of methoxy groups -OCH3 is 1. The van der Waals surface area contributed by atoms with E-state index in [-0.39, 0.29) is 5.97 Å². The minimum atomic E-state index is -0.415. The van der Waals surface area contributed by atoms with Gasteiger partial charge in [-0.2, -0.15) is 0 Å². The quantitative estimate of drug-likeness (QED) is 0.626. The number of aromatic nitrogens is 2. The summed E-state index contributed by atoms with van der Waals surface area (Å²) < 4.78 is 5.05. The largest absolute Gasteiger partial charge is 0.468 e. The van der Waals surface area contributed by atoms with Crippen molar-refractivity contribution in [2.24, 2.45) is 0 Å². The second-order valence-corrected chi connectivity index (χ2v) is 6.98. The molecule has 1 aliphatic heterocycles. The fraction of sp³-hybridized carbons (Fsp3) is 0.261. The van der Waals surface area contributed by atoms with Gasteiger partial charge in [-0.15, -0.1) is 0 Å². The molecule has 148 valence electrons. The lowest BCUT2D eigenvalue weighted by molar-refractivity contribution is -0.141. The number of nitrogens with zero attached hydrogens (tertiary/aromatic N) is 4. The molecule has 1 aliphatic rings. The standard InChI is InChI=1S/C23H24N4O2/c1-29-22(28)21(18-6-3-2-4-7-18)19-8-10-20(11-9-19)26-14-16-27(17-15-26)23-24-12-5-13-25-23/h2-13,21H,14-17H2,1H3. The third kappa shape index (κ3) is 4.21. The number of rotatable bonds is 5. The van der Waals surface area contributed by atoms with Gasteiger partial charge in [-0.05, 0) is 29.3 Å². The van der Waals surface area contributed by atoms with E-state index in [4.69, 9.17) is 4.74 Å². The third-order valence-electron chi connectivity index (χ3n) is 5.28. The van der Waals surface area contributed by atoms with Gasteiger partial charge in [-0.1, -0.05) is 42.5 Å². The van der Waals surface area contributed by atoms with Crippen LogP contribution in [0.2, 0.25) is 0 Å². The molecule has 3 aromatic rings. The molecule has 1 unspecified atom stereocenters. The molecule has 1 saturated heterocycles. The van der Waals surface area contributed by atoms with E-state index in [2.05, 4.69) is 31.9 Å². The Kier molecular flexibility index (Phi) is 5.70. The molecular weight excluding hydrogens is 364 g/mol. The first kappa shape index (κ1) is 18.9. The Hall–Kier alpha value is -3.41. The molecule has 0 aliphatic carbocycles. The van der Waals surface area contributed by atoms with Crippen LogP contribution in [0.1, 0.15) is 17.0 Å². The van der Waals surface area contributed by atoms with E-state index in [1.165, 1.54) is 7.11 Å². The number of benzene rings is 2. The summed E-state index contributed by atoms with van der Waals surface area (Å²) in [5.41, 5.74) is 3.02. The van der Waals surface area contributed by atoms with Crippen LogP contribution < -0.4 is 9.80 Å². The van der Waals surface area contributed by atoms with Gasteiger partial charge in [0.05, 0.1) is 7.11 Å². The van der Waals surface area contributed by atoms with Crippen molar-refractivity contribution in [2.45, 2.75) is 5.92 Å². The highest BCUT2D eigenvalue weighted by molar-refractivity contribution is 5.82. The highest BCUT2D eigenvalue weighted by Gasteiger charge is 2.24.